The van der Waals surface area contributed by atoms with Gasteiger partial charge in [0.05, 0.1) is 18.3 Å². The highest BCUT2D eigenvalue weighted by Crippen LogP contribution is 2.48. The molecular weight excluding hydrogens is 316 g/mol. The summed E-state index contributed by atoms with van der Waals surface area (Å²) < 4.78 is 7.55. The average Bonchev–Trinajstić information content (AvgIpc) is 3.26. The number of nitrogens with zero attached hydrogens (tertiary/aromatic N) is 4. The van der Waals surface area contributed by atoms with Crippen LogP contribution < -0.4 is 0 Å². The van der Waals surface area contributed by atoms with E-state index in [1.165, 1.54) is 5.56 Å². The quantitative estimate of drug-likeness (QED) is 0.859. The zero-order valence-electron chi connectivity index (χ0n) is 15.2. The standard InChI is InChI=1S/C19H26N4O2/c1-14-4-5-16(25-14)13-23-8-6-19(7-9-23)17(10-18(24)22(19)3)15-11-20-21(2)12-15/h4-5,11-12,17H,6-10,13H2,1-3H3/t17-/m0/s1. The fourth-order valence-corrected chi connectivity index (χ4v) is 4.60. The number of rotatable bonds is 3. The number of likely N-dealkylation sites (N-methyl/N-ethyl adjacent to an activating group) is 1. The summed E-state index contributed by atoms with van der Waals surface area (Å²) in [6.45, 7) is 4.79. The van der Waals surface area contributed by atoms with Gasteiger partial charge in [-0.15, -0.1) is 0 Å². The summed E-state index contributed by atoms with van der Waals surface area (Å²) >= 11 is 0. The molecule has 2 aliphatic rings. The molecule has 0 unspecified atom stereocenters. The number of hydrogen-bond donors (Lipinski definition) is 0. The molecule has 1 atom stereocenters. The Morgan fingerprint density at radius 2 is 2.04 bits per heavy atom. The second-order valence-corrected chi connectivity index (χ2v) is 7.55. The first-order valence-electron chi connectivity index (χ1n) is 9.01. The molecule has 0 aliphatic carbocycles. The van der Waals surface area contributed by atoms with Crippen LogP contribution in [0.25, 0.3) is 0 Å². The van der Waals surface area contributed by atoms with E-state index < -0.39 is 0 Å². The molecule has 1 spiro atoms. The smallest absolute Gasteiger partial charge is 0.223 e. The lowest BCUT2D eigenvalue weighted by Crippen LogP contribution is -2.53. The lowest BCUT2D eigenvalue weighted by Gasteiger charge is -2.46. The van der Waals surface area contributed by atoms with E-state index >= 15 is 0 Å². The second-order valence-electron chi connectivity index (χ2n) is 7.55. The highest BCUT2D eigenvalue weighted by atomic mass is 16.3. The monoisotopic (exact) mass is 342 g/mol. The van der Waals surface area contributed by atoms with Gasteiger partial charge in [0.15, 0.2) is 0 Å². The molecule has 2 fully saturated rings. The van der Waals surface area contributed by atoms with Crippen LogP contribution in [-0.2, 0) is 18.4 Å². The number of carbonyl (C=O) groups excluding carboxylic acids is 1. The van der Waals surface area contributed by atoms with Gasteiger partial charge in [0.25, 0.3) is 0 Å². The van der Waals surface area contributed by atoms with Gasteiger partial charge in [-0.2, -0.15) is 5.10 Å². The Bertz CT molecular complexity index is 770. The fraction of sp³-hybridized carbons (Fsp3) is 0.579. The van der Waals surface area contributed by atoms with Gasteiger partial charge >= 0.3 is 0 Å². The number of hydrogen-bond acceptors (Lipinski definition) is 4. The number of amides is 1. The van der Waals surface area contributed by atoms with Crippen LogP contribution in [0.1, 0.15) is 42.3 Å². The van der Waals surface area contributed by atoms with Crippen LogP contribution in [0.5, 0.6) is 0 Å². The lowest BCUT2D eigenvalue weighted by molar-refractivity contribution is -0.130. The van der Waals surface area contributed by atoms with Crippen LogP contribution in [0, 0.1) is 6.92 Å². The summed E-state index contributed by atoms with van der Waals surface area (Å²) in [5.41, 5.74) is 1.12. The molecule has 0 saturated carbocycles. The second kappa shape index (κ2) is 6.02. The van der Waals surface area contributed by atoms with E-state index in [9.17, 15) is 4.79 Å². The van der Waals surface area contributed by atoms with Crippen molar-refractivity contribution in [1.82, 2.24) is 19.6 Å². The zero-order chi connectivity index (χ0) is 17.6. The van der Waals surface area contributed by atoms with Crippen molar-refractivity contribution >= 4 is 5.91 Å². The largest absolute Gasteiger partial charge is 0.465 e. The average molecular weight is 342 g/mol. The van der Waals surface area contributed by atoms with Crippen LogP contribution in [0.15, 0.2) is 28.9 Å². The van der Waals surface area contributed by atoms with Gasteiger partial charge in [-0.1, -0.05) is 0 Å². The van der Waals surface area contributed by atoms with E-state index in [-0.39, 0.29) is 17.4 Å². The Labute approximate surface area is 148 Å². The highest BCUT2D eigenvalue weighted by Gasteiger charge is 2.52. The number of aryl methyl sites for hydroxylation is 2. The van der Waals surface area contributed by atoms with Crippen molar-refractivity contribution in [2.45, 2.75) is 44.2 Å². The van der Waals surface area contributed by atoms with E-state index in [0.29, 0.717) is 6.42 Å². The summed E-state index contributed by atoms with van der Waals surface area (Å²) in [7, 11) is 3.91. The Morgan fingerprint density at radius 3 is 2.64 bits per heavy atom. The van der Waals surface area contributed by atoms with Crippen LogP contribution in [0.3, 0.4) is 0 Å². The van der Waals surface area contributed by atoms with Crippen LogP contribution in [0.4, 0.5) is 0 Å². The number of furan rings is 1. The first-order chi connectivity index (χ1) is 12.0. The van der Waals surface area contributed by atoms with Gasteiger partial charge in [0.2, 0.25) is 5.91 Å². The van der Waals surface area contributed by atoms with Crippen LogP contribution >= 0.6 is 0 Å². The first kappa shape index (κ1) is 16.4. The molecule has 4 rings (SSSR count). The van der Waals surface area contributed by atoms with E-state index in [1.54, 1.807) is 0 Å². The van der Waals surface area contributed by atoms with Gasteiger partial charge in [-0.25, -0.2) is 0 Å². The van der Waals surface area contributed by atoms with E-state index in [0.717, 1.165) is 44.0 Å². The molecule has 0 radical (unpaired) electrons. The third kappa shape index (κ3) is 2.78. The Morgan fingerprint density at radius 1 is 1.28 bits per heavy atom. The number of piperidine rings is 1. The van der Waals surface area contributed by atoms with Crippen molar-refractivity contribution < 1.29 is 9.21 Å². The molecule has 1 amide bonds. The molecular formula is C19H26N4O2. The predicted octanol–water partition coefficient (Wildman–Crippen LogP) is 2.30. The molecule has 25 heavy (non-hydrogen) atoms. The molecule has 2 aromatic rings. The number of aromatic nitrogens is 2. The summed E-state index contributed by atoms with van der Waals surface area (Å²) in [6.07, 6.45) is 6.58. The van der Waals surface area contributed by atoms with Gasteiger partial charge in [0, 0.05) is 45.7 Å². The summed E-state index contributed by atoms with van der Waals surface area (Å²) in [5, 5.41) is 4.33. The van der Waals surface area contributed by atoms with Gasteiger partial charge in [-0.05, 0) is 37.5 Å². The van der Waals surface area contributed by atoms with Gasteiger partial charge in [-0.3, -0.25) is 14.4 Å². The Balaban J connectivity index is 1.51. The molecule has 0 bridgehead atoms. The minimum atomic E-state index is -0.0737. The highest BCUT2D eigenvalue weighted by molar-refractivity contribution is 5.81. The minimum absolute atomic E-state index is 0.0737. The van der Waals surface area contributed by atoms with Crippen molar-refractivity contribution in [2.24, 2.45) is 7.05 Å². The molecule has 2 aliphatic heterocycles. The number of likely N-dealkylation sites (tertiary alicyclic amines) is 2. The van der Waals surface area contributed by atoms with Gasteiger partial charge in [0.1, 0.15) is 11.5 Å². The molecule has 6 heteroatoms. The van der Waals surface area contributed by atoms with Crippen molar-refractivity contribution in [3.63, 3.8) is 0 Å². The lowest BCUT2D eigenvalue weighted by atomic mass is 9.74. The van der Waals surface area contributed by atoms with Gasteiger partial charge < -0.3 is 9.32 Å². The molecule has 134 valence electrons. The maximum atomic E-state index is 12.5. The van der Waals surface area contributed by atoms with Crippen molar-refractivity contribution in [3.05, 3.63) is 41.6 Å². The summed E-state index contributed by atoms with van der Waals surface area (Å²) in [4.78, 5) is 16.9. The molecule has 4 heterocycles. The van der Waals surface area contributed by atoms with Crippen molar-refractivity contribution in [2.75, 3.05) is 20.1 Å². The zero-order valence-corrected chi connectivity index (χ0v) is 15.2. The van der Waals surface area contributed by atoms with Crippen molar-refractivity contribution in [1.29, 1.82) is 0 Å². The maximum absolute atomic E-state index is 12.5. The molecule has 0 N–H and O–H groups in total. The third-order valence-electron chi connectivity index (χ3n) is 6.09. The van der Waals surface area contributed by atoms with Crippen LogP contribution in [-0.4, -0.2) is 51.2 Å². The molecule has 0 aromatic carbocycles. The Hall–Kier alpha value is -2.08. The topological polar surface area (TPSA) is 54.5 Å². The van der Waals surface area contributed by atoms with Crippen LogP contribution in [0.2, 0.25) is 0 Å². The molecule has 2 saturated heterocycles. The van der Waals surface area contributed by atoms with E-state index in [1.807, 2.05) is 42.9 Å². The van der Waals surface area contributed by atoms with E-state index in [4.69, 9.17) is 4.42 Å². The fourth-order valence-electron chi connectivity index (χ4n) is 4.60. The predicted molar refractivity (Wildman–Crippen MR) is 94.0 cm³/mol. The van der Waals surface area contributed by atoms with E-state index in [2.05, 4.69) is 22.3 Å². The molecule has 6 nitrogen and oxygen atoms in total. The summed E-state index contributed by atoms with van der Waals surface area (Å²) in [6, 6.07) is 4.08. The molecule has 2 aromatic heterocycles. The summed E-state index contributed by atoms with van der Waals surface area (Å²) in [5.74, 6) is 2.48. The minimum Gasteiger partial charge on any atom is -0.465 e. The maximum Gasteiger partial charge on any atom is 0.223 e. The first-order valence-corrected chi connectivity index (χ1v) is 9.01. The number of carbonyl (C=O) groups is 1. The normalized spacial score (nSPS) is 23.7. The SMILES string of the molecule is Cc1ccc(CN2CCC3(CC2)[C@H](c2cnn(C)c2)CC(=O)N3C)o1. The van der Waals surface area contributed by atoms with Crippen molar-refractivity contribution in [3.8, 4) is 0 Å². The Kier molecular flexibility index (Phi) is 3.95. The third-order valence-corrected chi connectivity index (χ3v) is 6.09.